The van der Waals surface area contributed by atoms with Crippen molar-refractivity contribution in [2.75, 3.05) is 19.6 Å². The van der Waals surface area contributed by atoms with Gasteiger partial charge >= 0.3 is 6.03 Å². The van der Waals surface area contributed by atoms with Gasteiger partial charge in [-0.1, -0.05) is 42.5 Å². The Morgan fingerprint density at radius 2 is 1.70 bits per heavy atom. The lowest BCUT2D eigenvalue weighted by Gasteiger charge is -2.26. The van der Waals surface area contributed by atoms with Crippen LogP contribution in [-0.2, 0) is 13.0 Å². The van der Waals surface area contributed by atoms with Crippen LogP contribution in [0.3, 0.4) is 0 Å². The number of benzene rings is 2. The van der Waals surface area contributed by atoms with Crippen LogP contribution in [0.15, 0.2) is 54.6 Å². The zero-order valence-electron chi connectivity index (χ0n) is 15.5. The van der Waals surface area contributed by atoms with Gasteiger partial charge in [0.15, 0.2) is 0 Å². The summed E-state index contributed by atoms with van der Waals surface area (Å²) in [4.78, 5) is 17.1. The van der Waals surface area contributed by atoms with E-state index in [0.29, 0.717) is 18.6 Å². The third-order valence-electron chi connectivity index (χ3n) is 5.78. The fourth-order valence-electron chi connectivity index (χ4n) is 4.41. The van der Waals surface area contributed by atoms with E-state index < -0.39 is 0 Å². The molecule has 2 saturated heterocycles. The van der Waals surface area contributed by atoms with E-state index in [4.69, 9.17) is 0 Å². The number of likely N-dealkylation sites (tertiary alicyclic amines) is 2. The van der Waals surface area contributed by atoms with Gasteiger partial charge in [0.05, 0.1) is 6.04 Å². The zero-order valence-corrected chi connectivity index (χ0v) is 15.5. The van der Waals surface area contributed by atoms with Gasteiger partial charge in [-0.3, -0.25) is 4.90 Å². The molecule has 0 aliphatic carbocycles. The Bertz CT molecular complexity index is 765. The van der Waals surface area contributed by atoms with Gasteiger partial charge in [-0.15, -0.1) is 0 Å². The van der Waals surface area contributed by atoms with E-state index in [-0.39, 0.29) is 11.8 Å². The number of hydrogen-bond acceptors (Lipinski definition) is 2. The maximum atomic E-state index is 13.1. The van der Waals surface area contributed by atoms with Gasteiger partial charge in [-0.2, -0.15) is 0 Å². The Balaban J connectivity index is 1.29. The van der Waals surface area contributed by atoms with Crippen molar-refractivity contribution in [3.8, 4) is 0 Å². The lowest BCUT2D eigenvalue weighted by Crippen LogP contribution is -2.45. The van der Waals surface area contributed by atoms with Crippen molar-refractivity contribution in [2.45, 2.75) is 37.9 Å². The minimum Gasteiger partial charge on any atom is -0.338 e. The highest BCUT2D eigenvalue weighted by molar-refractivity contribution is 5.75. The number of rotatable bonds is 5. The third kappa shape index (κ3) is 4.14. The number of carbonyl (C=O) groups excluding carboxylic acids is 1. The maximum absolute atomic E-state index is 13.1. The molecule has 4 nitrogen and oxygen atoms in total. The molecule has 142 valence electrons. The van der Waals surface area contributed by atoms with Crippen LogP contribution >= 0.6 is 0 Å². The number of fused-ring (bicyclic) bond motifs is 1. The van der Waals surface area contributed by atoms with Crippen molar-refractivity contribution in [3.05, 3.63) is 71.5 Å². The Morgan fingerprint density at radius 1 is 0.963 bits per heavy atom. The molecule has 1 N–H and O–H groups in total. The average molecular weight is 367 g/mol. The first kappa shape index (κ1) is 18.0. The highest BCUT2D eigenvalue weighted by atomic mass is 19.1. The molecule has 2 aliphatic rings. The lowest BCUT2D eigenvalue weighted by molar-refractivity contribution is 0.187. The maximum Gasteiger partial charge on any atom is 0.317 e. The molecule has 2 atom stereocenters. The average Bonchev–Trinajstić information content (AvgIpc) is 3.27. The van der Waals surface area contributed by atoms with E-state index >= 15 is 0 Å². The summed E-state index contributed by atoms with van der Waals surface area (Å²) in [6, 6.07) is 17.7. The van der Waals surface area contributed by atoms with Crippen LogP contribution in [0.25, 0.3) is 0 Å². The van der Waals surface area contributed by atoms with E-state index in [1.165, 1.54) is 17.7 Å². The van der Waals surface area contributed by atoms with Crippen LogP contribution in [0.5, 0.6) is 0 Å². The molecule has 2 aromatic rings. The van der Waals surface area contributed by atoms with Gasteiger partial charge < -0.3 is 10.2 Å². The van der Waals surface area contributed by atoms with Crippen LogP contribution in [0.2, 0.25) is 0 Å². The van der Waals surface area contributed by atoms with Crippen LogP contribution in [-0.4, -0.2) is 47.5 Å². The molecule has 0 saturated carbocycles. The van der Waals surface area contributed by atoms with Crippen molar-refractivity contribution in [2.24, 2.45) is 0 Å². The van der Waals surface area contributed by atoms with Crippen molar-refractivity contribution in [3.63, 3.8) is 0 Å². The highest BCUT2D eigenvalue weighted by Crippen LogP contribution is 2.32. The van der Waals surface area contributed by atoms with Gasteiger partial charge in [0.25, 0.3) is 0 Å². The number of amides is 2. The normalized spacial score (nSPS) is 22.0. The molecule has 0 unspecified atom stereocenters. The summed E-state index contributed by atoms with van der Waals surface area (Å²) in [5.74, 6) is -0.197. The summed E-state index contributed by atoms with van der Waals surface area (Å²) in [5, 5.41) is 3.08. The van der Waals surface area contributed by atoms with E-state index in [2.05, 4.69) is 22.3 Å². The van der Waals surface area contributed by atoms with Crippen molar-refractivity contribution >= 4 is 6.03 Å². The molecule has 2 aromatic carbocycles. The van der Waals surface area contributed by atoms with Crippen LogP contribution in [0.1, 0.15) is 24.0 Å². The van der Waals surface area contributed by atoms with Crippen molar-refractivity contribution < 1.29 is 9.18 Å². The minimum atomic E-state index is -0.197. The van der Waals surface area contributed by atoms with Gasteiger partial charge in [0, 0.05) is 32.2 Å². The minimum absolute atomic E-state index is 0.0575. The van der Waals surface area contributed by atoms with E-state index in [1.54, 1.807) is 0 Å². The Morgan fingerprint density at radius 3 is 2.48 bits per heavy atom. The van der Waals surface area contributed by atoms with Crippen molar-refractivity contribution in [1.29, 1.82) is 0 Å². The number of nitrogens with zero attached hydrogens (tertiary/aromatic N) is 2. The molecule has 2 fully saturated rings. The monoisotopic (exact) mass is 367 g/mol. The molecule has 4 rings (SSSR count). The number of halogens is 1. The smallest absolute Gasteiger partial charge is 0.317 e. The van der Waals surface area contributed by atoms with Gasteiger partial charge in [0.1, 0.15) is 5.82 Å². The zero-order chi connectivity index (χ0) is 18.6. The third-order valence-corrected chi connectivity index (χ3v) is 5.78. The molecule has 0 radical (unpaired) electrons. The molecular weight excluding hydrogens is 341 g/mol. The topological polar surface area (TPSA) is 35.6 Å². The fraction of sp³-hybridized carbons (Fsp3) is 0.409. The summed E-state index contributed by atoms with van der Waals surface area (Å²) < 4.78 is 13.1. The second-order valence-corrected chi connectivity index (χ2v) is 7.47. The number of urea groups is 1. The first-order chi connectivity index (χ1) is 13.2. The SMILES string of the molecule is O=C(NCCc1ccccc1)N1CC[C@H]2[C@@H]1CCN2Cc1ccc(F)cc1. The first-order valence-electron chi connectivity index (χ1n) is 9.77. The predicted molar refractivity (Wildman–Crippen MR) is 104 cm³/mol. The van der Waals surface area contributed by atoms with Crippen LogP contribution in [0, 0.1) is 5.82 Å². The quantitative estimate of drug-likeness (QED) is 0.879. The summed E-state index contributed by atoms with van der Waals surface area (Å²) in [6.07, 6.45) is 2.88. The Labute approximate surface area is 160 Å². The first-order valence-corrected chi connectivity index (χ1v) is 9.77. The van der Waals surface area contributed by atoms with Crippen LogP contribution in [0.4, 0.5) is 9.18 Å². The second kappa shape index (κ2) is 8.09. The fourth-order valence-corrected chi connectivity index (χ4v) is 4.41. The molecule has 27 heavy (non-hydrogen) atoms. The number of carbonyl (C=O) groups is 1. The predicted octanol–water partition coefficient (Wildman–Crippen LogP) is 3.43. The summed E-state index contributed by atoms with van der Waals surface area (Å²) in [7, 11) is 0. The molecule has 2 amide bonds. The molecule has 0 bridgehead atoms. The standard InChI is InChI=1S/C22H26FN3O/c23-19-8-6-18(7-9-19)16-25-14-11-21-20(25)12-15-26(21)22(27)24-13-10-17-4-2-1-3-5-17/h1-9,20-21H,10-16H2,(H,24,27)/t20-,21-/m0/s1. The van der Waals surface area contributed by atoms with E-state index in [0.717, 1.165) is 44.5 Å². The number of hydrogen-bond donors (Lipinski definition) is 1. The molecular formula is C22H26FN3O. The van der Waals surface area contributed by atoms with Crippen molar-refractivity contribution in [1.82, 2.24) is 15.1 Å². The van der Waals surface area contributed by atoms with Gasteiger partial charge in [0.2, 0.25) is 0 Å². The van der Waals surface area contributed by atoms with E-state index in [1.807, 2.05) is 35.2 Å². The number of nitrogens with one attached hydrogen (secondary N) is 1. The highest BCUT2D eigenvalue weighted by Gasteiger charge is 2.44. The molecule has 5 heteroatoms. The molecule has 0 spiro atoms. The summed E-state index contributed by atoms with van der Waals surface area (Å²) >= 11 is 0. The van der Waals surface area contributed by atoms with E-state index in [9.17, 15) is 9.18 Å². The Kier molecular flexibility index (Phi) is 5.39. The largest absolute Gasteiger partial charge is 0.338 e. The molecule has 2 heterocycles. The molecule has 0 aromatic heterocycles. The lowest BCUT2D eigenvalue weighted by atomic mass is 10.1. The second-order valence-electron chi connectivity index (χ2n) is 7.47. The molecule has 2 aliphatic heterocycles. The summed E-state index contributed by atoms with van der Waals surface area (Å²) in [5.41, 5.74) is 2.37. The Hall–Kier alpha value is -2.40. The van der Waals surface area contributed by atoms with Gasteiger partial charge in [-0.25, -0.2) is 9.18 Å². The summed E-state index contributed by atoms with van der Waals surface area (Å²) in [6.45, 7) is 3.29. The van der Waals surface area contributed by atoms with Gasteiger partial charge in [-0.05, 0) is 42.5 Å². The van der Waals surface area contributed by atoms with Crippen LogP contribution < -0.4 is 5.32 Å².